The molecule has 0 aliphatic carbocycles. The SMILES string of the molecule is CC(C)C(=O)n1nc(-c2ccccc2)nc1NCc1ccc(F)cc1. The summed E-state index contributed by atoms with van der Waals surface area (Å²) in [5.41, 5.74) is 1.72. The summed E-state index contributed by atoms with van der Waals surface area (Å²) >= 11 is 0. The van der Waals surface area contributed by atoms with E-state index in [1.165, 1.54) is 16.8 Å². The van der Waals surface area contributed by atoms with Gasteiger partial charge >= 0.3 is 0 Å². The molecule has 0 aliphatic heterocycles. The molecule has 0 amide bonds. The monoisotopic (exact) mass is 338 g/mol. The van der Waals surface area contributed by atoms with E-state index < -0.39 is 0 Å². The van der Waals surface area contributed by atoms with Crippen molar-refractivity contribution in [2.75, 3.05) is 5.32 Å². The zero-order valence-corrected chi connectivity index (χ0v) is 14.1. The molecule has 0 fully saturated rings. The molecule has 6 heteroatoms. The van der Waals surface area contributed by atoms with Crippen molar-refractivity contribution in [1.29, 1.82) is 0 Å². The van der Waals surface area contributed by atoms with Crippen LogP contribution in [0, 0.1) is 11.7 Å². The maximum atomic E-state index is 13.0. The van der Waals surface area contributed by atoms with Crippen LogP contribution in [0.25, 0.3) is 11.4 Å². The molecular formula is C19H19FN4O. The number of benzene rings is 2. The summed E-state index contributed by atoms with van der Waals surface area (Å²) in [5.74, 6) is 0.222. The summed E-state index contributed by atoms with van der Waals surface area (Å²) in [7, 11) is 0. The number of carbonyl (C=O) groups excluding carboxylic acids is 1. The van der Waals surface area contributed by atoms with Crippen molar-refractivity contribution in [3.05, 3.63) is 66.0 Å². The highest BCUT2D eigenvalue weighted by Gasteiger charge is 2.19. The lowest BCUT2D eigenvalue weighted by atomic mass is 10.2. The highest BCUT2D eigenvalue weighted by Crippen LogP contribution is 2.19. The first kappa shape index (κ1) is 16.8. The third-order valence-corrected chi connectivity index (χ3v) is 3.71. The van der Waals surface area contributed by atoms with Crippen LogP contribution < -0.4 is 5.32 Å². The third-order valence-electron chi connectivity index (χ3n) is 3.71. The number of rotatable bonds is 5. The minimum Gasteiger partial charge on any atom is -0.350 e. The third kappa shape index (κ3) is 3.91. The van der Waals surface area contributed by atoms with E-state index in [1.807, 2.05) is 44.2 Å². The normalized spacial score (nSPS) is 10.9. The topological polar surface area (TPSA) is 59.8 Å². The molecule has 25 heavy (non-hydrogen) atoms. The lowest BCUT2D eigenvalue weighted by molar-refractivity contribution is 0.0841. The second-order valence-corrected chi connectivity index (χ2v) is 6.01. The predicted octanol–water partition coefficient (Wildman–Crippen LogP) is 3.99. The fourth-order valence-electron chi connectivity index (χ4n) is 2.32. The maximum absolute atomic E-state index is 13.0. The van der Waals surface area contributed by atoms with Gasteiger partial charge in [-0.05, 0) is 17.7 Å². The molecule has 3 aromatic rings. The van der Waals surface area contributed by atoms with Crippen LogP contribution in [0.4, 0.5) is 10.3 Å². The first-order valence-electron chi connectivity index (χ1n) is 8.09. The van der Waals surface area contributed by atoms with Gasteiger partial charge in [0.15, 0.2) is 5.82 Å². The van der Waals surface area contributed by atoms with Gasteiger partial charge in [0.2, 0.25) is 5.95 Å². The van der Waals surface area contributed by atoms with E-state index in [0.29, 0.717) is 18.3 Å². The summed E-state index contributed by atoms with van der Waals surface area (Å²) in [6.07, 6.45) is 0. The molecule has 1 aromatic heterocycles. The first-order valence-corrected chi connectivity index (χ1v) is 8.09. The second kappa shape index (κ2) is 7.25. The highest BCUT2D eigenvalue weighted by molar-refractivity contribution is 5.83. The molecule has 0 bridgehead atoms. The lowest BCUT2D eigenvalue weighted by Gasteiger charge is -2.08. The molecule has 3 rings (SSSR count). The predicted molar refractivity (Wildman–Crippen MR) is 94.6 cm³/mol. The van der Waals surface area contributed by atoms with Crippen molar-refractivity contribution in [2.45, 2.75) is 20.4 Å². The van der Waals surface area contributed by atoms with Crippen LogP contribution in [-0.2, 0) is 6.54 Å². The van der Waals surface area contributed by atoms with Crippen molar-refractivity contribution < 1.29 is 9.18 Å². The van der Waals surface area contributed by atoms with Gasteiger partial charge in [0.05, 0.1) is 0 Å². The fraction of sp³-hybridized carbons (Fsp3) is 0.211. The van der Waals surface area contributed by atoms with Crippen LogP contribution in [0.5, 0.6) is 0 Å². The lowest BCUT2D eigenvalue weighted by Crippen LogP contribution is -2.21. The molecule has 1 heterocycles. The standard InChI is InChI=1S/C19H19FN4O/c1-13(2)18(25)24-19(21-12-14-8-10-16(20)11-9-14)22-17(23-24)15-6-4-3-5-7-15/h3-11,13H,12H2,1-2H3,(H,21,22,23). The van der Waals surface area contributed by atoms with E-state index in [-0.39, 0.29) is 17.6 Å². The molecule has 1 N–H and O–H groups in total. The number of hydrogen-bond donors (Lipinski definition) is 1. The van der Waals surface area contributed by atoms with E-state index >= 15 is 0 Å². The highest BCUT2D eigenvalue weighted by atomic mass is 19.1. The number of carbonyl (C=O) groups is 1. The van der Waals surface area contributed by atoms with Gasteiger partial charge in [0.1, 0.15) is 5.82 Å². The molecule has 2 aromatic carbocycles. The van der Waals surface area contributed by atoms with E-state index in [1.54, 1.807) is 12.1 Å². The van der Waals surface area contributed by atoms with Gasteiger partial charge in [-0.15, -0.1) is 5.10 Å². The average molecular weight is 338 g/mol. The van der Waals surface area contributed by atoms with Crippen LogP contribution in [-0.4, -0.2) is 20.7 Å². The Labute approximate surface area is 145 Å². The number of aromatic nitrogens is 3. The van der Waals surface area contributed by atoms with E-state index in [4.69, 9.17) is 0 Å². The molecule has 128 valence electrons. The van der Waals surface area contributed by atoms with Crippen LogP contribution >= 0.6 is 0 Å². The first-order chi connectivity index (χ1) is 12.0. The van der Waals surface area contributed by atoms with Gasteiger partial charge in [-0.2, -0.15) is 9.67 Å². The minimum absolute atomic E-state index is 0.142. The van der Waals surface area contributed by atoms with Crippen molar-refractivity contribution in [3.63, 3.8) is 0 Å². The number of halogens is 1. The number of hydrogen-bond acceptors (Lipinski definition) is 4. The molecule has 0 atom stereocenters. The molecule has 0 saturated carbocycles. The zero-order chi connectivity index (χ0) is 17.8. The van der Waals surface area contributed by atoms with Crippen molar-refractivity contribution in [3.8, 4) is 11.4 Å². The quantitative estimate of drug-likeness (QED) is 0.764. The smallest absolute Gasteiger partial charge is 0.252 e. The van der Waals surface area contributed by atoms with Crippen LogP contribution in [0.3, 0.4) is 0 Å². The summed E-state index contributed by atoms with van der Waals surface area (Å²) in [6, 6.07) is 15.7. The average Bonchev–Trinajstić information content (AvgIpc) is 3.05. The Bertz CT molecular complexity index is 857. The number of nitrogens with zero attached hydrogens (tertiary/aromatic N) is 3. The molecule has 5 nitrogen and oxygen atoms in total. The van der Waals surface area contributed by atoms with Gasteiger partial charge < -0.3 is 5.32 Å². The van der Waals surface area contributed by atoms with Gasteiger partial charge in [-0.3, -0.25) is 4.79 Å². The Morgan fingerprint density at radius 1 is 1.12 bits per heavy atom. The number of nitrogens with one attached hydrogen (secondary N) is 1. The molecule has 0 spiro atoms. The second-order valence-electron chi connectivity index (χ2n) is 6.01. The Morgan fingerprint density at radius 2 is 1.80 bits per heavy atom. The maximum Gasteiger partial charge on any atom is 0.252 e. The van der Waals surface area contributed by atoms with Crippen molar-refractivity contribution in [1.82, 2.24) is 14.8 Å². The fourth-order valence-corrected chi connectivity index (χ4v) is 2.32. The van der Waals surface area contributed by atoms with Gasteiger partial charge in [0.25, 0.3) is 5.91 Å². The Balaban J connectivity index is 1.89. The van der Waals surface area contributed by atoms with Crippen LogP contribution in [0.2, 0.25) is 0 Å². The summed E-state index contributed by atoms with van der Waals surface area (Å²) in [4.78, 5) is 16.9. The van der Waals surface area contributed by atoms with Crippen molar-refractivity contribution in [2.24, 2.45) is 5.92 Å². The van der Waals surface area contributed by atoms with E-state index in [2.05, 4.69) is 15.4 Å². The van der Waals surface area contributed by atoms with Crippen LogP contribution in [0.15, 0.2) is 54.6 Å². The zero-order valence-electron chi connectivity index (χ0n) is 14.1. The molecule has 0 radical (unpaired) electrons. The van der Waals surface area contributed by atoms with Gasteiger partial charge in [-0.25, -0.2) is 4.39 Å². The minimum atomic E-state index is -0.284. The van der Waals surface area contributed by atoms with E-state index in [9.17, 15) is 9.18 Å². The summed E-state index contributed by atoms with van der Waals surface area (Å²) < 4.78 is 14.3. The largest absolute Gasteiger partial charge is 0.350 e. The molecule has 0 aliphatic rings. The Kier molecular flexibility index (Phi) is 4.88. The Hall–Kier alpha value is -3.02. The Morgan fingerprint density at radius 3 is 2.44 bits per heavy atom. The van der Waals surface area contributed by atoms with Crippen LogP contribution in [0.1, 0.15) is 24.2 Å². The summed E-state index contributed by atoms with van der Waals surface area (Å²) in [6.45, 7) is 4.05. The number of anilines is 1. The molecule has 0 saturated heterocycles. The summed E-state index contributed by atoms with van der Waals surface area (Å²) in [5, 5.41) is 7.48. The van der Waals surface area contributed by atoms with Gasteiger partial charge in [0, 0.05) is 18.0 Å². The van der Waals surface area contributed by atoms with Gasteiger partial charge in [-0.1, -0.05) is 56.3 Å². The molecular weight excluding hydrogens is 319 g/mol. The van der Waals surface area contributed by atoms with Crippen molar-refractivity contribution >= 4 is 11.9 Å². The van der Waals surface area contributed by atoms with E-state index in [0.717, 1.165) is 11.1 Å². The molecule has 0 unspecified atom stereocenters.